The number of carbonyl (C=O) groups is 2. The zero-order chi connectivity index (χ0) is 17.9. The van der Waals surface area contributed by atoms with Gasteiger partial charge in [0.1, 0.15) is 5.75 Å². The standard InChI is InChI=1S/C17H14Cl3NO3/c1-3-9-6-7-16(19)14(23)21(2)15(24)17(16,20)13(9)11-5-4-10(22)8-12(11)18/h3-6,8,13,22H,1,7H2,2H3. The molecule has 1 aliphatic carbocycles. The smallest absolute Gasteiger partial charge is 0.253 e. The summed E-state index contributed by atoms with van der Waals surface area (Å²) in [5.41, 5.74) is 1.15. The van der Waals surface area contributed by atoms with Gasteiger partial charge in [-0.2, -0.15) is 0 Å². The molecule has 0 saturated carbocycles. The lowest BCUT2D eigenvalue weighted by Crippen LogP contribution is -2.54. The predicted octanol–water partition coefficient (Wildman–Crippen LogP) is 3.60. The highest BCUT2D eigenvalue weighted by Gasteiger charge is 2.72. The van der Waals surface area contributed by atoms with Crippen molar-refractivity contribution >= 4 is 46.6 Å². The van der Waals surface area contributed by atoms with E-state index in [9.17, 15) is 14.7 Å². The second-order valence-corrected chi connectivity index (χ2v) is 7.58. The molecule has 0 bridgehead atoms. The van der Waals surface area contributed by atoms with Crippen LogP contribution in [0, 0.1) is 0 Å². The van der Waals surface area contributed by atoms with Crippen LogP contribution in [0.4, 0.5) is 0 Å². The summed E-state index contributed by atoms with van der Waals surface area (Å²) in [5, 5.41) is 9.82. The zero-order valence-corrected chi connectivity index (χ0v) is 15.0. The third kappa shape index (κ3) is 2.00. The number of carbonyl (C=O) groups excluding carboxylic acids is 2. The third-order valence-electron chi connectivity index (χ3n) is 4.72. The first-order valence-electron chi connectivity index (χ1n) is 7.19. The molecule has 1 aromatic rings. The summed E-state index contributed by atoms with van der Waals surface area (Å²) < 4.78 is 0. The normalized spacial score (nSPS) is 32.6. The van der Waals surface area contributed by atoms with E-state index < -0.39 is 27.5 Å². The van der Waals surface area contributed by atoms with Gasteiger partial charge in [0, 0.05) is 18.0 Å². The van der Waals surface area contributed by atoms with Crippen LogP contribution >= 0.6 is 34.8 Å². The molecule has 3 unspecified atom stereocenters. The number of fused-ring (bicyclic) bond motifs is 1. The van der Waals surface area contributed by atoms with Gasteiger partial charge >= 0.3 is 0 Å². The van der Waals surface area contributed by atoms with E-state index in [4.69, 9.17) is 34.8 Å². The van der Waals surface area contributed by atoms with Crippen LogP contribution in [0.5, 0.6) is 5.75 Å². The number of alkyl halides is 2. The lowest BCUT2D eigenvalue weighted by molar-refractivity contribution is -0.137. The highest BCUT2D eigenvalue weighted by molar-refractivity contribution is 6.53. The molecule has 1 N–H and O–H groups in total. The molecule has 3 atom stereocenters. The van der Waals surface area contributed by atoms with Crippen molar-refractivity contribution in [3.63, 3.8) is 0 Å². The second-order valence-electron chi connectivity index (χ2n) is 5.93. The molecule has 2 aliphatic rings. The fraction of sp³-hybridized carbons (Fsp3) is 0.294. The van der Waals surface area contributed by atoms with E-state index in [1.807, 2.05) is 0 Å². The number of imide groups is 1. The SMILES string of the molecule is C=CC1=CCC2(Cl)C(=O)N(C)C(=O)C2(Cl)C1c1ccc(O)cc1Cl. The number of hydrogen-bond donors (Lipinski definition) is 1. The maximum absolute atomic E-state index is 12.8. The monoisotopic (exact) mass is 385 g/mol. The summed E-state index contributed by atoms with van der Waals surface area (Å²) in [6, 6.07) is 4.37. The van der Waals surface area contributed by atoms with E-state index in [1.54, 1.807) is 18.2 Å². The largest absolute Gasteiger partial charge is 0.508 e. The van der Waals surface area contributed by atoms with Crippen molar-refractivity contribution in [2.45, 2.75) is 22.1 Å². The number of rotatable bonds is 2. The van der Waals surface area contributed by atoms with Gasteiger partial charge in [-0.1, -0.05) is 36.4 Å². The molecule has 1 aliphatic heterocycles. The molecule has 0 aromatic heterocycles. The van der Waals surface area contributed by atoms with Crippen molar-refractivity contribution in [2.24, 2.45) is 0 Å². The highest BCUT2D eigenvalue weighted by atomic mass is 35.5. The molecule has 2 amide bonds. The quantitative estimate of drug-likeness (QED) is 0.624. The first-order valence-corrected chi connectivity index (χ1v) is 8.33. The zero-order valence-electron chi connectivity index (χ0n) is 12.7. The average Bonchev–Trinajstić information content (AvgIpc) is 2.67. The van der Waals surface area contributed by atoms with Gasteiger partial charge in [0.05, 0.1) is 0 Å². The van der Waals surface area contributed by atoms with Crippen LogP contribution in [0.1, 0.15) is 17.9 Å². The first kappa shape index (κ1) is 17.3. The van der Waals surface area contributed by atoms with Gasteiger partial charge in [-0.15, -0.1) is 23.2 Å². The Balaban J connectivity index is 2.30. The minimum Gasteiger partial charge on any atom is -0.508 e. The van der Waals surface area contributed by atoms with Crippen LogP contribution in [0.15, 0.2) is 42.5 Å². The summed E-state index contributed by atoms with van der Waals surface area (Å²) in [5.74, 6) is -1.90. The van der Waals surface area contributed by atoms with E-state index in [2.05, 4.69) is 6.58 Å². The highest BCUT2D eigenvalue weighted by Crippen LogP contribution is 2.59. The Morgan fingerprint density at radius 1 is 1.33 bits per heavy atom. The van der Waals surface area contributed by atoms with Crippen molar-refractivity contribution in [1.29, 1.82) is 0 Å². The molecule has 0 spiro atoms. The maximum Gasteiger partial charge on any atom is 0.253 e. The van der Waals surface area contributed by atoms with Crippen LogP contribution in [0.3, 0.4) is 0 Å². The van der Waals surface area contributed by atoms with Crippen molar-refractivity contribution in [3.8, 4) is 5.75 Å². The van der Waals surface area contributed by atoms with Crippen molar-refractivity contribution in [1.82, 2.24) is 4.90 Å². The fourth-order valence-corrected chi connectivity index (χ4v) is 4.67. The second kappa shape index (κ2) is 5.51. The van der Waals surface area contributed by atoms with Gasteiger partial charge < -0.3 is 5.11 Å². The number of aromatic hydroxyl groups is 1. The minimum atomic E-state index is -1.72. The Kier molecular flexibility index (Phi) is 3.98. The number of allylic oxidation sites excluding steroid dienone is 3. The van der Waals surface area contributed by atoms with Gasteiger partial charge in [-0.25, -0.2) is 0 Å². The molecule has 7 heteroatoms. The van der Waals surface area contributed by atoms with Gasteiger partial charge in [-0.3, -0.25) is 14.5 Å². The van der Waals surface area contributed by atoms with E-state index >= 15 is 0 Å². The van der Waals surface area contributed by atoms with Crippen molar-refractivity contribution < 1.29 is 14.7 Å². The number of halogens is 3. The fourth-order valence-electron chi connectivity index (χ4n) is 3.47. The van der Waals surface area contributed by atoms with E-state index in [0.29, 0.717) is 11.1 Å². The molecule has 24 heavy (non-hydrogen) atoms. The molecule has 4 nitrogen and oxygen atoms in total. The van der Waals surface area contributed by atoms with Crippen LogP contribution in [0.25, 0.3) is 0 Å². The molecule has 0 radical (unpaired) electrons. The number of hydrogen-bond acceptors (Lipinski definition) is 3. The molecule has 1 aromatic carbocycles. The van der Waals surface area contributed by atoms with Crippen LogP contribution in [-0.2, 0) is 9.59 Å². The molecule has 1 fully saturated rings. The number of phenolic OH excluding ortho intramolecular Hbond substituents is 1. The molecule has 1 saturated heterocycles. The number of phenols is 1. The number of nitrogens with zero attached hydrogens (tertiary/aromatic N) is 1. The molecule has 126 valence electrons. The summed E-state index contributed by atoms with van der Waals surface area (Å²) in [6.45, 7) is 3.77. The number of benzene rings is 1. The Morgan fingerprint density at radius 3 is 2.58 bits per heavy atom. The Labute approximate surface area is 154 Å². The summed E-state index contributed by atoms with van der Waals surface area (Å²) in [7, 11) is 1.36. The molecular weight excluding hydrogens is 373 g/mol. The van der Waals surface area contributed by atoms with Gasteiger partial charge in [0.2, 0.25) is 0 Å². The first-order chi connectivity index (χ1) is 11.2. The molecule has 3 rings (SSSR count). The topological polar surface area (TPSA) is 57.6 Å². The predicted molar refractivity (Wildman–Crippen MR) is 93.7 cm³/mol. The van der Waals surface area contributed by atoms with Gasteiger partial charge in [0.25, 0.3) is 11.8 Å². The van der Waals surface area contributed by atoms with Crippen LogP contribution in [0.2, 0.25) is 5.02 Å². The maximum atomic E-state index is 12.8. The molecular formula is C17H14Cl3NO3. The number of amides is 2. The summed E-state index contributed by atoms with van der Waals surface area (Å²) in [4.78, 5) is 23.0. The van der Waals surface area contributed by atoms with Crippen LogP contribution < -0.4 is 0 Å². The van der Waals surface area contributed by atoms with Gasteiger partial charge in [-0.05, 0) is 29.7 Å². The average molecular weight is 387 g/mol. The summed E-state index contributed by atoms with van der Waals surface area (Å²) >= 11 is 19.6. The Morgan fingerprint density at radius 2 is 2.00 bits per heavy atom. The third-order valence-corrected chi connectivity index (χ3v) is 6.46. The van der Waals surface area contributed by atoms with E-state index in [0.717, 1.165) is 4.90 Å². The van der Waals surface area contributed by atoms with E-state index in [1.165, 1.54) is 19.2 Å². The van der Waals surface area contributed by atoms with Crippen molar-refractivity contribution in [2.75, 3.05) is 7.05 Å². The number of likely N-dealkylation sites (tertiary alicyclic amines) is 1. The minimum absolute atomic E-state index is 0.0182. The summed E-state index contributed by atoms with van der Waals surface area (Å²) in [6.07, 6.45) is 3.43. The lowest BCUT2D eigenvalue weighted by Gasteiger charge is -2.42. The van der Waals surface area contributed by atoms with Crippen molar-refractivity contribution in [3.05, 3.63) is 53.1 Å². The Bertz CT molecular complexity index is 806. The van der Waals surface area contributed by atoms with Crippen LogP contribution in [-0.4, -0.2) is 38.6 Å². The van der Waals surface area contributed by atoms with Gasteiger partial charge in [0.15, 0.2) is 9.75 Å². The lowest BCUT2D eigenvalue weighted by atomic mass is 9.68. The van der Waals surface area contributed by atoms with E-state index in [-0.39, 0.29) is 17.2 Å². The Hall–Kier alpha value is -1.49. The molecule has 1 heterocycles.